The van der Waals surface area contributed by atoms with Crippen LogP contribution >= 0.6 is 0 Å². The summed E-state index contributed by atoms with van der Waals surface area (Å²) in [5.74, 6) is 0.401. The lowest BCUT2D eigenvalue weighted by Gasteiger charge is -2.29. The SMILES string of the molecule is CN(CC1CCCOC1)C(=O)C1(C(N)=NO)CC1. The minimum atomic E-state index is -0.737. The first-order chi connectivity index (χ1) is 8.60. The van der Waals surface area contributed by atoms with Gasteiger partial charge in [0.1, 0.15) is 5.41 Å². The number of ether oxygens (including phenoxy) is 1. The lowest BCUT2D eigenvalue weighted by molar-refractivity contribution is -0.134. The topological polar surface area (TPSA) is 88.2 Å². The second-order valence-corrected chi connectivity index (χ2v) is 5.34. The van der Waals surface area contributed by atoms with Crippen LogP contribution in [0.15, 0.2) is 5.16 Å². The van der Waals surface area contributed by atoms with Gasteiger partial charge < -0.3 is 20.6 Å². The standard InChI is InChI=1S/C12H21N3O3/c1-15(7-9-3-2-6-18-8-9)11(16)12(4-5-12)10(13)14-17/h9,17H,2-8H2,1H3,(H2,13,14). The summed E-state index contributed by atoms with van der Waals surface area (Å²) in [5.41, 5.74) is 4.88. The van der Waals surface area contributed by atoms with E-state index >= 15 is 0 Å². The Morgan fingerprint density at radius 2 is 2.33 bits per heavy atom. The van der Waals surface area contributed by atoms with E-state index in [1.54, 1.807) is 11.9 Å². The second kappa shape index (κ2) is 5.14. The van der Waals surface area contributed by atoms with Crippen LogP contribution in [0, 0.1) is 11.3 Å². The van der Waals surface area contributed by atoms with E-state index in [-0.39, 0.29) is 11.7 Å². The molecule has 0 aromatic heterocycles. The van der Waals surface area contributed by atoms with Gasteiger partial charge in [-0.05, 0) is 31.6 Å². The van der Waals surface area contributed by atoms with Gasteiger partial charge in [-0.3, -0.25) is 4.79 Å². The normalized spacial score (nSPS) is 26.7. The molecule has 2 fully saturated rings. The molecule has 1 aliphatic carbocycles. The Morgan fingerprint density at radius 1 is 1.61 bits per heavy atom. The van der Waals surface area contributed by atoms with Crippen molar-refractivity contribution in [2.24, 2.45) is 22.2 Å². The number of hydrogen-bond acceptors (Lipinski definition) is 4. The Hall–Kier alpha value is -1.30. The lowest BCUT2D eigenvalue weighted by atomic mass is 9.99. The maximum Gasteiger partial charge on any atom is 0.236 e. The monoisotopic (exact) mass is 255 g/mol. The maximum atomic E-state index is 12.3. The first-order valence-electron chi connectivity index (χ1n) is 6.41. The molecule has 1 atom stereocenters. The summed E-state index contributed by atoms with van der Waals surface area (Å²) in [6.07, 6.45) is 3.49. The van der Waals surface area contributed by atoms with Gasteiger partial charge >= 0.3 is 0 Å². The highest BCUT2D eigenvalue weighted by atomic mass is 16.5. The number of amidine groups is 1. The smallest absolute Gasteiger partial charge is 0.236 e. The molecule has 0 spiro atoms. The van der Waals surface area contributed by atoms with E-state index in [1.165, 1.54) is 0 Å². The van der Waals surface area contributed by atoms with E-state index in [0.717, 1.165) is 19.4 Å². The highest BCUT2D eigenvalue weighted by Gasteiger charge is 2.55. The number of nitrogens with two attached hydrogens (primary N) is 1. The molecule has 0 aromatic rings. The Labute approximate surface area is 107 Å². The molecule has 2 aliphatic rings. The van der Waals surface area contributed by atoms with E-state index in [1.807, 2.05) is 0 Å². The highest BCUT2D eigenvalue weighted by Crippen LogP contribution is 2.47. The zero-order valence-electron chi connectivity index (χ0n) is 10.8. The van der Waals surface area contributed by atoms with Gasteiger partial charge in [0, 0.05) is 20.2 Å². The van der Waals surface area contributed by atoms with Gasteiger partial charge in [0.25, 0.3) is 0 Å². The van der Waals surface area contributed by atoms with Crippen molar-refractivity contribution in [1.82, 2.24) is 4.90 Å². The molecule has 0 aromatic carbocycles. The fourth-order valence-electron chi connectivity index (χ4n) is 2.59. The predicted octanol–water partition coefficient (Wildman–Crippen LogP) is 0.398. The summed E-state index contributed by atoms with van der Waals surface area (Å²) >= 11 is 0. The molecule has 0 bridgehead atoms. The molecule has 6 nitrogen and oxygen atoms in total. The van der Waals surface area contributed by atoms with Gasteiger partial charge in [-0.1, -0.05) is 5.16 Å². The maximum absolute atomic E-state index is 12.3. The van der Waals surface area contributed by atoms with Crippen molar-refractivity contribution in [2.75, 3.05) is 26.8 Å². The number of hydrogen-bond donors (Lipinski definition) is 2. The minimum Gasteiger partial charge on any atom is -0.409 e. The van der Waals surface area contributed by atoms with E-state index < -0.39 is 5.41 Å². The predicted molar refractivity (Wildman–Crippen MR) is 66.3 cm³/mol. The highest BCUT2D eigenvalue weighted by molar-refractivity contribution is 6.09. The van der Waals surface area contributed by atoms with E-state index in [2.05, 4.69) is 5.16 Å². The van der Waals surface area contributed by atoms with Gasteiger partial charge in [-0.25, -0.2) is 0 Å². The van der Waals surface area contributed by atoms with Gasteiger partial charge in [-0.15, -0.1) is 0 Å². The molecule has 6 heteroatoms. The molecule has 18 heavy (non-hydrogen) atoms. The van der Waals surface area contributed by atoms with E-state index in [9.17, 15) is 4.79 Å². The summed E-state index contributed by atoms with van der Waals surface area (Å²) in [4.78, 5) is 14.0. The second-order valence-electron chi connectivity index (χ2n) is 5.34. The van der Waals surface area contributed by atoms with E-state index in [0.29, 0.717) is 31.9 Å². The van der Waals surface area contributed by atoms with Crippen LogP contribution in [-0.4, -0.2) is 48.7 Å². The fraction of sp³-hybridized carbons (Fsp3) is 0.833. The molecule has 0 radical (unpaired) electrons. The summed E-state index contributed by atoms with van der Waals surface area (Å²) in [6, 6.07) is 0. The summed E-state index contributed by atoms with van der Waals surface area (Å²) in [7, 11) is 1.78. The number of carbonyl (C=O) groups is 1. The molecule has 3 N–H and O–H groups in total. The van der Waals surface area contributed by atoms with Crippen LogP contribution in [0.1, 0.15) is 25.7 Å². The largest absolute Gasteiger partial charge is 0.409 e. The van der Waals surface area contributed by atoms with Crippen molar-refractivity contribution in [3.05, 3.63) is 0 Å². The summed E-state index contributed by atoms with van der Waals surface area (Å²) in [6.45, 7) is 2.22. The van der Waals surface area contributed by atoms with Crippen molar-refractivity contribution < 1.29 is 14.7 Å². The Kier molecular flexibility index (Phi) is 3.75. The Morgan fingerprint density at radius 3 is 2.83 bits per heavy atom. The van der Waals surface area contributed by atoms with E-state index in [4.69, 9.17) is 15.7 Å². The zero-order valence-corrected chi connectivity index (χ0v) is 10.8. The van der Waals surface area contributed by atoms with Crippen molar-refractivity contribution in [3.63, 3.8) is 0 Å². The van der Waals surface area contributed by atoms with Crippen molar-refractivity contribution in [2.45, 2.75) is 25.7 Å². The number of carbonyl (C=O) groups excluding carboxylic acids is 1. The van der Waals surface area contributed by atoms with Crippen LogP contribution in [-0.2, 0) is 9.53 Å². The third-order valence-electron chi connectivity index (χ3n) is 3.89. The first-order valence-corrected chi connectivity index (χ1v) is 6.41. The Balaban J connectivity index is 1.92. The third-order valence-corrected chi connectivity index (χ3v) is 3.89. The minimum absolute atomic E-state index is 0.0385. The number of amides is 1. The fourth-order valence-corrected chi connectivity index (χ4v) is 2.59. The van der Waals surface area contributed by atoms with Gasteiger partial charge in [0.15, 0.2) is 5.84 Å². The van der Waals surface area contributed by atoms with Crippen molar-refractivity contribution >= 4 is 11.7 Å². The van der Waals surface area contributed by atoms with Gasteiger partial charge in [0.2, 0.25) is 5.91 Å². The number of rotatable bonds is 4. The average Bonchev–Trinajstić information content (AvgIpc) is 3.19. The molecular weight excluding hydrogens is 234 g/mol. The van der Waals surface area contributed by atoms with Crippen LogP contribution in [0.3, 0.4) is 0 Å². The molecular formula is C12H21N3O3. The van der Waals surface area contributed by atoms with Gasteiger partial charge in [0.05, 0.1) is 6.61 Å². The first kappa shape index (κ1) is 13.1. The molecule has 1 heterocycles. The summed E-state index contributed by atoms with van der Waals surface area (Å²) < 4.78 is 5.41. The van der Waals surface area contributed by atoms with Crippen LogP contribution in [0.2, 0.25) is 0 Å². The molecule has 1 saturated heterocycles. The molecule has 1 unspecified atom stereocenters. The quantitative estimate of drug-likeness (QED) is 0.329. The Bertz CT molecular complexity index is 346. The number of oxime groups is 1. The lowest BCUT2D eigenvalue weighted by Crippen LogP contribution is -2.44. The molecule has 2 rings (SSSR count). The molecule has 1 aliphatic heterocycles. The van der Waals surface area contributed by atoms with Crippen molar-refractivity contribution in [3.8, 4) is 0 Å². The van der Waals surface area contributed by atoms with Crippen molar-refractivity contribution in [1.29, 1.82) is 0 Å². The zero-order chi connectivity index (χ0) is 13.2. The van der Waals surface area contributed by atoms with Crippen LogP contribution in [0.4, 0.5) is 0 Å². The average molecular weight is 255 g/mol. The van der Waals surface area contributed by atoms with Crippen LogP contribution < -0.4 is 5.73 Å². The summed E-state index contributed by atoms with van der Waals surface area (Å²) in [5, 5.41) is 11.7. The van der Waals surface area contributed by atoms with Gasteiger partial charge in [-0.2, -0.15) is 0 Å². The molecule has 102 valence electrons. The van der Waals surface area contributed by atoms with Crippen LogP contribution in [0.25, 0.3) is 0 Å². The third kappa shape index (κ3) is 2.43. The number of nitrogens with zero attached hydrogens (tertiary/aromatic N) is 2. The molecule has 1 amide bonds. The molecule has 1 saturated carbocycles. The van der Waals surface area contributed by atoms with Crippen LogP contribution in [0.5, 0.6) is 0 Å².